The minimum atomic E-state index is -1.23. The molecular weight excluding hydrogens is 781 g/mol. The monoisotopic (exact) mass is 834 g/mol. The molecule has 322 valence electrons. The van der Waals surface area contributed by atoms with E-state index in [-0.39, 0.29) is 63.7 Å². The van der Waals surface area contributed by atoms with Gasteiger partial charge >= 0.3 is 5.97 Å². The Bertz CT molecular complexity index is 2330. The fourth-order valence-electron chi connectivity index (χ4n) is 6.88. The number of para-hydroxylation sites is 2. The zero-order chi connectivity index (χ0) is 43.7. The largest absolute Gasteiger partial charge is 0.459 e. The van der Waals surface area contributed by atoms with Crippen molar-refractivity contribution >= 4 is 63.3 Å². The molecular formula is C43H54N12O6. The van der Waals surface area contributed by atoms with E-state index >= 15 is 0 Å². The fraction of sp³-hybridized carbons (Fsp3) is 0.326. The van der Waals surface area contributed by atoms with Crippen molar-refractivity contribution in [1.29, 1.82) is 0 Å². The number of aromatic amines is 2. The summed E-state index contributed by atoms with van der Waals surface area (Å²) in [6, 6.07) is 19.5. The molecule has 18 heteroatoms. The Hall–Kier alpha value is -7.37. The molecule has 5 aromatic rings. The predicted octanol–water partition coefficient (Wildman–Crippen LogP) is 1.24. The second kappa shape index (κ2) is 22.1. The number of carbonyl (C=O) groups excluding carboxylic acids is 5. The lowest BCUT2D eigenvalue weighted by atomic mass is 10.0. The Labute approximate surface area is 352 Å². The zero-order valence-corrected chi connectivity index (χ0v) is 34.0. The standard InChI is InChI=1S/C43H54N12O6/c1-26(56)52-34(17-9-19-48-42(44)45)38(57)54-36(21-28-23-50-32-15-7-5-13-30(28)32)40(59)53-35(18-10-20-49-43(46)47)39(58)55-37(41(60)61-25-27-11-3-2-4-12-27)22-29-24-51-33-16-8-6-14-31(29)33/h2-8,11-16,23-24,34-37,50-51H,9-10,17-22,25H2,1H3,(H,52,56)(H,53,59)(H,54,57)(H,55,58)(H4,44,45,48)(H4,46,47,49)/t34-,35-,36-,37-/m0/s1. The number of H-pyrrole nitrogens is 2. The van der Waals surface area contributed by atoms with Crippen molar-refractivity contribution in [2.45, 2.75) is 76.2 Å². The van der Waals surface area contributed by atoms with E-state index in [1.54, 1.807) is 12.4 Å². The van der Waals surface area contributed by atoms with Gasteiger partial charge in [-0.3, -0.25) is 29.2 Å². The highest BCUT2D eigenvalue weighted by Gasteiger charge is 2.32. The Kier molecular flexibility index (Phi) is 16.2. The van der Waals surface area contributed by atoms with E-state index in [0.29, 0.717) is 12.0 Å². The third kappa shape index (κ3) is 13.6. The van der Waals surface area contributed by atoms with Crippen LogP contribution < -0.4 is 44.2 Å². The van der Waals surface area contributed by atoms with Crippen molar-refractivity contribution in [1.82, 2.24) is 31.2 Å². The summed E-state index contributed by atoms with van der Waals surface area (Å²) in [5.74, 6) is -3.38. The minimum Gasteiger partial charge on any atom is -0.459 e. The molecule has 0 unspecified atom stereocenters. The Morgan fingerprint density at radius 3 is 1.56 bits per heavy atom. The van der Waals surface area contributed by atoms with Gasteiger partial charge in [0.2, 0.25) is 23.6 Å². The third-order valence-corrected chi connectivity index (χ3v) is 9.87. The average molecular weight is 835 g/mol. The number of fused-ring (bicyclic) bond motifs is 2. The number of rotatable bonds is 22. The van der Waals surface area contributed by atoms with E-state index in [2.05, 4.69) is 41.2 Å². The van der Waals surface area contributed by atoms with Crippen LogP contribution >= 0.6 is 0 Å². The zero-order valence-electron chi connectivity index (χ0n) is 34.0. The Balaban J connectivity index is 1.42. The summed E-state index contributed by atoms with van der Waals surface area (Å²) in [5, 5.41) is 12.8. The van der Waals surface area contributed by atoms with Crippen LogP contribution in [0.5, 0.6) is 0 Å². The Morgan fingerprint density at radius 1 is 0.590 bits per heavy atom. The van der Waals surface area contributed by atoms with Gasteiger partial charge in [0.25, 0.3) is 0 Å². The van der Waals surface area contributed by atoms with Crippen LogP contribution in [-0.4, -0.2) is 88.7 Å². The number of nitrogens with zero attached hydrogens (tertiary/aromatic N) is 2. The maximum atomic E-state index is 14.4. The van der Waals surface area contributed by atoms with Crippen LogP contribution in [0.3, 0.4) is 0 Å². The van der Waals surface area contributed by atoms with Crippen LogP contribution in [0.1, 0.15) is 49.3 Å². The molecule has 61 heavy (non-hydrogen) atoms. The molecule has 0 saturated heterocycles. The van der Waals surface area contributed by atoms with Gasteiger partial charge in [-0.05, 0) is 54.5 Å². The molecule has 0 aliphatic rings. The van der Waals surface area contributed by atoms with Crippen molar-refractivity contribution in [2.75, 3.05) is 13.1 Å². The van der Waals surface area contributed by atoms with E-state index in [4.69, 9.17) is 27.7 Å². The van der Waals surface area contributed by atoms with Crippen LogP contribution in [-0.2, 0) is 48.2 Å². The van der Waals surface area contributed by atoms with E-state index in [1.165, 1.54) is 6.92 Å². The molecule has 4 amide bonds. The van der Waals surface area contributed by atoms with Crippen LogP contribution in [0.4, 0.5) is 0 Å². The molecule has 2 aromatic heterocycles. The number of amides is 4. The van der Waals surface area contributed by atoms with Gasteiger partial charge in [0.1, 0.15) is 30.8 Å². The summed E-state index contributed by atoms with van der Waals surface area (Å²) in [7, 11) is 0. The fourth-order valence-corrected chi connectivity index (χ4v) is 6.88. The maximum Gasteiger partial charge on any atom is 0.329 e. The van der Waals surface area contributed by atoms with E-state index in [1.807, 2.05) is 78.9 Å². The lowest BCUT2D eigenvalue weighted by Crippen LogP contribution is -2.58. The first kappa shape index (κ1) is 44.7. The number of aliphatic imine (C=N–C) groups is 2. The number of ether oxygens (including phenoxy) is 1. The van der Waals surface area contributed by atoms with Gasteiger partial charge in [0.15, 0.2) is 11.9 Å². The number of benzene rings is 3. The molecule has 14 N–H and O–H groups in total. The molecule has 2 heterocycles. The van der Waals surface area contributed by atoms with Gasteiger partial charge in [-0.1, -0.05) is 66.7 Å². The maximum absolute atomic E-state index is 14.4. The second-order valence-electron chi connectivity index (χ2n) is 14.6. The topological polar surface area (TPSA) is 303 Å². The normalized spacial score (nSPS) is 12.9. The number of guanidine groups is 2. The summed E-state index contributed by atoms with van der Waals surface area (Å²) in [4.78, 5) is 83.0. The summed E-state index contributed by atoms with van der Waals surface area (Å²) < 4.78 is 5.71. The number of hydrogen-bond donors (Lipinski definition) is 10. The van der Waals surface area contributed by atoms with Gasteiger partial charge in [0, 0.05) is 67.1 Å². The van der Waals surface area contributed by atoms with Crippen molar-refractivity contribution in [3.05, 3.63) is 108 Å². The van der Waals surface area contributed by atoms with Crippen LogP contribution in [0.2, 0.25) is 0 Å². The Morgan fingerprint density at radius 2 is 1.03 bits per heavy atom. The van der Waals surface area contributed by atoms with E-state index in [9.17, 15) is 24.0 Å². The number of aromatic nitrogens is 2. The number of carbonyl (C=O) groups is 5. The summed E-state index contributed by atoms with van der Waals surface area (Å²) in [6.45, 7) is 1.61. The highest BCUT2D eigenvalue weighted by atomic mass is 16.5. The van der Waals surface area contributed by atoms with Crippen molar-refractivity contribution in [3.8, 4) is 0 Å². The number of nitrogens with two attached hydrogens (primary N) is 4. The minimum absolute atomic E-state index is 0.0136. The van der Waals surface area contributed by atoms with E-state index in [0.717, 1.165) is 32.9 Å². The lowest BCUT2D eigenvalue weighted by molar-refractivity contribution is -0.149. The molecule has 0 radical (unpaired) electrons. The highest BCUT2D eigenvalue weighted by Crippen LogP contribution is 2.21. The summed E-state index contributed by atoms with van der Waals surface area (Å²) in [6.07, 6.45) is 4.44. The van der Waals surface area contributed by atoms with Crippen molar-refractivity contribution in [3.63, 3.8) is 0 Å². The van der Waals surface area contributed by atoms with Gasteiger partial charge < -0.3 is 58.9 Å². The summed E-state index contributed by atoms with van der Waals surface area (Å²) >= 11 is 0. The molecule has 4 atom stereocenters. The molecule has 0 aliphatic heterocycles. The summed E-state index contributed by atoms with van der Waals surface area (Å²) in [5.41, 5.74) is 25.9. The van der Waals surface area contributed by atoms with Gasteiger partial charge in [-0.2, -0.15) is 0 Å². The highest BCUT2D eigenvalue weighted by molar-refractivity contribution is 5.96. The predicted molar refractivity (Wildman–Crippen MR) is 233 cm³/mol. The quantitative estimate of drug-likeness (QED) is 0.0206. The van der Waals surface area contributed by atoms with Crippen LogP contribution in [0.15, 0.2) is 101 Å². The smallest absolute Gasteiger partial charge is 0.329 e. The van der Waals surface area contributed by atoms with Gasteiger partial charge in [-0.25, -0.2) is 4.79 Å². The number of hydrogen-bond acceptors (Lipinski definition) is 8. The van der Waals surface area contributed by atoms with Crippen LogP contribution in [0.25, 0.3) is 21.8 Å². The third-order valence-electron chi connectivity index (χ3n) is 9.87. The lowest BCUT2D eigenvalue weighted by Gasteiger charge is -2.26. The molecule has 18 nitrogen and oxygen atoms in total. The first-order chi connectivity index (χ1) is 29.4. The second-order valence-corrected chi connectivity index (χ2v) is 14.6. The first-order valence-corrected chi connectivity index (χ1v) is 20.0. The molecule has 0 aliphatic carbocycles. The number of esters is 1. The molecule has 0 fully saturated rings. The number of nitrogens with one attached hydrogen (secondary N) is 6. The van der Waals surface area contributed by atoms with Crippen LogP contribution in [0, 0.1) is 0 Å². The van der Waals surface area contributed by atoms with Crippen molar-refractivity contribution in [2.24, 2.45) is 32.9 Å². The van der Waals surface area contributed by atoms with E-state index < -0.39 is 53.8 Å². The van der Waals surface area contributed by atoms with Gasteiger partial charge in [0.05, 0.1) is 0 Å². The molecule has 5 rings (SSSR count). The molecule has 0 bridgehead atoms. The molecule has 0 spiro atoms. The molecule has 3 aromatic carbocycles. The first-order valence-electron chi connectivity index (χ1n) is 20.0. The van der Waals surface area contributed by atoms with Crippen molar-refractivity contribution < 1.29 is 28.7 Å². The van der Waals surface area contributed by atoms with Gasteiger partial charge in [-0.15, -0.1) is 0 Å². The molecule has 0 saturated carbocycles. The average Bonchev–Trinajstić information content (AvgIpc) is 3.85. The SMILES string of the molecule is CC(=O)N[C@@H](CCCN=C(N)N)C(=O)N[C@@H](Cc1c[nH]c2ccccc12)C(=O)N[C@@H](CCCN=C(N)N)C(=O)N[C@@H](Cc1c[nH]c2ccccc12)C(=O)OCc1ccccc1.